The highest BCUT2D eigenvalue weighted by molar-refractivity contribution is 6.08. The number of hydrazine groups is 1. The van der Waals surface area contributed by atoms with Gasteiger partial charge in [0, 0.05) is 50.0 Å². The number of likely N-dealkylation sites (N-methyl/N-ethyl adjacent to an activating group) is 1. The van der Waals surface area contributed by atoms with Crippen LogP contribution in [0, 0.1) is 12.7 Å². The number of aryl methyl sites for hydroxylation is 1. The summed E-state index contributed by atoms with van der Waals surface area (Å²) < 4.78 is 15.1. The summed E-state index contributed by atoms with van der Waals surface area (Å²) in [5.74, 6) is 0.421. The number of aliphatic imine (C=N–C) groups is 1. The van der Waals surface area contributed by atoms with Crippen molar-refractivity contribution in [3.05, 3.63) is 60.1 Å². The summed E-state index contributed by atoms with van der Waals surface area (Å²) in [5.41, 5.74) is 2.50. The standard InChI is InChI=1S/C29H37FN8O2/c1-5-12-37(19-39)38(25-9-6-21-10-11-29(3,40)26(21)33-25)27-20(2)18-31-28(34-27)32-22-7-8-24(23(30)17-22)36-15-13-35(4)14-16-36/h5-8,17-19,25,40H,1,9-16H2,2-4H3,(H,31,32,34). The first kappa shape index (κ1) is 27.7. The van der Waals surface area contributed by atoms with Crippen molar-refractivity contribution in [1.82, 2.24) is 19.9 Å². The Kier molecular flexibility index (Phi) is 7.86. The lowest BCUT2D eigenvalue weighted by Crippen LogP contribution is -2.50. The van der Waals surface area contributed by atoms with E-state index in [9.17, 15) is 9.90 Å². The minimum Gasteiger partial charge on any atom is -0.384 e. The Morgan fingerprint density at radius 1 is 1.30 bits per heavy atom. The molecule has 2 N–H and O–H groups in total. The number of hydrogen-bond acceptors (Lipinski definition) is 9. The SMILES string of the molecule is C=CCN(C=O)N(c1nc(Nc2ccc(N3CCN(C)CC3)c(F)c2)ncc1C)C1CC=C2CCC(C)(O)C2=N1. The van der Waals surface area contributed by atoms with E-state index in [0.717, 1.165) is 50.1 Å². The van der Waals surface area contributed by atoms with Crippen molar-refractivity contribution in [2.75, 3.05) is 55.0 Å². The van der Waals surface area contributed by atoms with E-state index < -0.39 is 11.8 Å². The van der Waals surface area contributed by atoms with Gasteiger partial charge in [0.05, 0.1) is 17.9 Å². The second-order valence-corrected chi connectivity index (χ2v) is 10.8. The van der Waals surface area contributed by atoms with Crippen LogP contribution in [0.4, 0.5) is 27.5 Å². The minimum absolute atomic E-state index is 0.239. The number of piperazine rings is 1. The van der Waals surface area contributed by atoms with Crippen LogP contribution in [0.15, 0.2) is 53.7 Å². The molecule has 0 radical (unpaired) electrons. The molecule has 2 unspecified atom stereocenters. The molecule has 2 atom stereocenters. The zero-order valence-corrected chi connectivity index (χ0v) is 23.3. The number of rotatable bonds is 9. The number of nitrogens with zero attached hydrogens (tertiary/aromatic N) is 7. The molecule has 40 heavy (non-hydrogen) atoms. The molecule has 3 heterocycles. The van der Waals surface area contributed by atoms with Gasteiger partial charge in [-0.25, -0.2) is 19.4 Å². The monoisotopic (exact) mass is 548 g/mol. The predicted octanol–water partition coefficient (Wildman–Crippen LogP) is 3.43. The van der Waals surface area contributed by atoms with E-state index in [1.807, 2.05) is 13.0 Å². The first-order chi connectivity index (χ1) is 19.2. The molecule has 0 bridgehead atoms. The average molecular weight is 549 g/mol. The van der Waals surface area contributed by atoms with Crippen molar-refractivity contribution in [2.24, 2.45) is 4.99 Å². The number of aliphatic hydroxyl groups is 1. The van der Waals surface area contributed by atoms with Gasteiger partial charge in [-0.2, -0.15) is 4.98 Å². The zero-order valence-electron chi connectivity index (χ0n) is 23.3. The molecule has 11 heteroatoms. The van der Waals surface area contributed by atoms with E-state index in [4.69, 9.17) is 9.98 Å². The first-order valence-corrected chi connectivity index (χ1v) is 13.7. The second kappa shape index (κ2) is 11.3. The lowest BCUT2D eigenvalue weighted by Gasteiger charge is -2.39. The lowest BCUT2D eigenvalue weighted by molar-refractivity contribution is -0.118. The van der Waals surface area contributed by atoms with Crippen molar-refractivity contribution in [1.29, 1.82) is 0 Å². The molecule has 1 aliphatic carbocycles. The molecule has 2 aromatic rings. The van der Waals surface area contributed by atoms with Crippen LogP contribution in [-0.2, 0) is 4.79 Å². The van der Waals surface area contributed by atoms with Gasteiger partial charge < -0.3 is 20.2 Å². The van der Waals surface area contributed by atoms with Crippen LogP contribution in [-0.4, -0.2) is 88.6 Å². The Morgan fingerprint density at radius 3 is 2.77 bits per heavy atom. The summed E-state index contributed by atoms with van der Waals surface area (Å²) in [6, 6.07) is 5.04. The number of nitrogens with one attached hydrogen (secondary N) is 1. The number of fused-ring (bicyclic) bond motifs is 1. The Balaban J connectivity index is 1.44. The third-order valence-electron chi connectivity index (χ3n) is 7.76. The van der Waals surface area contributed by atoms with E-state index in [1.54, 1.807) is 30.3 Å². The molecule has 212 valence electrons. The van der Waals surface area contributed by atoms with Gasteiger partial charge in [-0.15, -0.1) is 6.58 Å². The molecule has 1 saturated carbocycles. The van der Waals surface area contributed by atoms with Gasteiger partial charge in [0.25, 0.3) is 0 Å². The number of carbonyl (C=O) groups is 1. The Bertz CT molecular complexity index is 1340. The van der Waals surface area contributed by atoms with Crippen LogP contribution in [0.3, 0.4) is 0 Å². The number of halogens is 1. The van der Waals surface area contributed by atoms with Crippen molar-refractivity contribution in [2.45, 2.75) is 44.9 Å². The molecular formula is C29H37FN8O2. The Hall–Kier alpha value is -3.83. The van der Waals surface area contributed by atoms with E-state index in [2.05, 4.69) is 39.8 Å². The second-order valence-electron chi connectivity index (χ2n) is 10.8. The molecule has 5 rings (SSSR count). The highest BCUT2D eigenvalue weighted by atomic mass is 19.1. The molecule has 2 aliphatic heterocycles. The fourth-order valence-electron chi connectivity index (χ4n) is 5.48. The van der Waals surface area contributed by atoms with Crippen molar-refractivity contribution < 1.29 is 14.3 Å². The highest BCUT2D eigenvalue weighted by Gasteiger charge is 2.40. The van der Waals surface area contributed by atoms with E-state index in [0.29, 0.717) is 35.7 Å². The molecule has 1 saturated heterocycles. The number of dihydropyridines is 1. The predicted molar refractivity (Wildman–Crippen MR) is 155 cm³/mol. The quantitative estimate of drug-likeness (QED) is 0.279. The smallest absolute Gasteiger partial charge is 0.229 e. The summed E-state index contributed by atoms with van der Waals surface area (Å²) in [7, 11) is 2.07. The van der Waals surface area contributed by atoms with E-state index in [1.165, 1.54) is 11.1 Å². The summed E-state index contributed by atoms with van der Waals surface area (Å²) in [6.45, 7) is 11.0. The van der Waals surface area contributed by atoms with Crippen LogP contribution >= 0.6 is 0 Å². The largest absolute Gasteiger partial charge is 0.384 e. The summed E-state index contributed by atoms with van der Waals surface area (Å²) in [4.78, 5) is 30.6. The van der Waals surface area contributed by atoms with Crippen LogP contribution in [0.1, 0.15) is 31.7 Å². The Labute approximate surface area is 234 Å². The lowest BCUT2D eigenvalue weighted by atomic mass is 9.99. The van der Waals surface area contributed by atoms with Crippen LogP contribution in [0.25, 0.3) is 0 Å². The molecule has 0 spiro atoms. The highest BCUT2D eigenvalue weighted by Crippen LogP contribution is 2.37. The number of benzene rings is 1. The van der Waals surface area contributed by atoms with Gasteiger partial charge in [0.15, 0.2) is 5.82 Å². The normalized spacial score (nSPS) is 22.7. The van der Waals surface area contributed by atoms with Gasteiger partial charge in [0.1, 0.15) is 17.6 Å². The van der Waals surface area contributed by atoms with E-state index in [-0.39, 0.29) is 18.3 Å². The van der Waals surface area contributed by atoms with Gasteiger partial charge >= 0.3 is 0 Å². The molecular weight excluding hydrogens is 511 g/mol. The topological polar surface area (TPSA) is 100 Å². The number of hydrogen-bond donors (Lipinski definition) is 2. The molecule has 10 nitrogen and oxygen atoms in total. The molecule has 1 amide bonds. The van der Waals surface area contributed by atoms with Gasteiger partial charge in [-0.05, 0) is 57.5 Å². The Morgan fingerprint density at radius 2 is 2.08 bits per heavy atom. The van der Waals surface area contributed by atoms with E-state index >= 15 is 4.39 Å². The van der Waals surface area contributed by atoms with Crippen molar-refractivity contribution in [3.8, 4) is 0 Å². The zero-order chi connectivity index (χ0) is 28.4. The molecule has 2 fully saturated rings. The number of amides is 1. The average Bonchev–Trinajstić information content (AvgIpc) is 3.24. The van der Waals surface area contributed by atoms with Crippen LogP contribution < -0.4 is 15.2 Å². The number of anilines is 4. The fourth-order valence-corrected chi connectivity index (χ4v) is 5.48. The maximum absolute atomic E-state index is 15.1. The fraction of sp³-hybridized carbons (Fsp3) is 0.448. The molecule has 1 aromatic heterocycles. The number of carbonyl (C=O) groups excluding carboxylic acids is 1. The third-order valence-corrected chi connectivity index (χ3v) is 7.76. The molecule has 1 aromatic carbocycles. The maximum atomic E-state index is 15.1. The maximum Gasteiger partial charge on any atom is 0.229 e. The van der Waals surface area contributed by atoms with Gasteiger partial charge in [-0.1, -0.05) is 12.2 Å². The number of aromatic nitrogens is 2. The van der Waals surface area contributed by atoms with Gasteiger partial charge in [-0.3, -0.25) is 9.79 Å². The van der Waals surface area contributed by atoms with Gasteiger partial charge in [0.2, 0.25) is 12.4 Å². The third kappa shape index (κ3) is 5.57. The minimum atomic E-state index is -1.02. The molecule has 3 aliphatic rings. The first-order valence-electron chi connectivity index (χ1n) is 13.7. The summed E-state index contributed by atoms with van der Waals surface area (Å²) >= 11 is 0. The summed E-state index contributed by atoms with van der Waals surface area (Å²) in [5, 5.41) is 17.2. The summed E-state index contributed by atoms with van der Waals surface area (Å²) in [6.07, 6.45) is 7.51. The van der Waals surface area contributed by atoms with Crippen molar-refractivity contribution >= 4 is 35.3 Å². The van der Waals surface area contributed by atoms with Crippen LogP contribution in [0.2, 0.25) is 0 Å². The van der Waals surface area contributed by atoms with Crippen molar-refractivity contribution in [3.63, 3.8) is 0 Å². The van der Waals surface area contributed by atoms with Crippen LogP contribution in [0.5, 0.6) is 0 Å².